The maximum Gasteiger partial charge on any atom is 0.306 e. The number of hydrogen-bond donors (Lipinski definition) is 1. The molecule has 30 heavy (non-hydrogen) atoms. The van der Waals surface area contributed by atoms with Crippen LogP contribution in [0.15, 0.2) is 12.1 Å². The van der Waals surface area contributed by atoms with Gasteiger partial charge in [-0.25, -0.2) is 0 Å². The van der Waals surface area contributed by atoms with Crippen molar-refractivity contribution in [2.75, 3.05) is 20.8 Å². The number of benzene rings is 1. The largest absolute Gasteiger partial charge is 0.496 e. The highest BCUT2D eigenvalue weighted by Gasteiger charge is 2.42. The van der Waals surface area contributed by atoms with Crippen molar-refractivity contribution in [3.63, 3.8) is 0 Å². The van der Waals surface area contributed by atoms with Gasteiger partial charge in [0.2, 0.25) is 0 Å². The van der Waals surface area contributed by atoms with Crippen LogP contribution in [-0.2, 0) is 14.0 Å². The minimum absolute atomic E-state index is 0.0457. The van der Waals surface area contributed by atoms with Crippen molar-refractivity contribution in [2.24, 2.45) is 5.92 Å². The maximum atomic E-state index is 11.7. The van der Waals surface area contributed by atoms with Gasteiger partial charge < -0.3 is 23.7 Å². The number of aliphatic carboxylic acids is 1. The van der Waals surface area contributed by atoms with Crippen LogP contribution in [0.25, 0.3) is 0 Å². The summed E-state index contributed by atoms with van der Waals surface area (Å²) in [5.41, 5.74) is 1.68. The van der Waals surface area contributed by atoms with Gasteiger partial charge in [-0.15, -0.1) is 0 Å². The maximum absolute atomic E-state index is 11.7. The van der Waals surface area contributed by atoms with Gasteiger partial charge in [-0.05, 0) is 48.7 Å². The number of carboxylic acids is 1. The quantitative estimate of drug-likeness (QED) is 0.452. The van der Waals surface area contributed by atoms with Gasteiger partial charge in [-0.2, -0.15) is 0 Å². The van der Waals surface area contributed by atoms with Gasteiger partial charge in [0.25, 0.3) is 0 Å². The number of rotatable bonds is 11. The van der Waals surface area contributed by atoms with E-state index in [-0.39, 0.29) is 17.4 Å². The summed E-state index contributed by atoms with van der Waals surface area (Å²) in [6, 6.07) is 3.81. The Kier molecular flexibility index (Phi) is 9.39. The first-order chi connectivity index (χ1) is 13.7. The van der Waals surface area contributed by atoms with Gasteiger partial charge in [0.1, 0.15) is 11.5 Å². The van der Waals surface area contributed by atoms with E-state index in [0.717, 1.165) is 11.1 Å². The van der Waals surface area contributed by atoms with E-state index < -0.39 is 26.5 Å². The van der Waals surface area contributed by atoms with Crippen LogP contribution in [0.1, 0.15) is 58.3 Å². The first-order valence-corrected chi connectivity index (χ1v) is 13.4. The SMILES string of the molecule is COc1cc(C(O[Si](C)(C)C(C)(C)C)C(CC(=O)O)OCC(C)C)cc(OC)c1C. The van der Waals surface area contributed by atoms with Crippen molar-refractivity contribution >= 4 is 14.3 Å². The van der Waals surface area contributed by atoms with Crippen LogP contribution in [-0.4, -0.2) is 46.3 Å². The first kappa shape index (κ1) is 26.5. The summed E-state index contributed by atoms with van der Waals surface area (Å²) in [6.45, 7) is 17.3. The predicted molar refractivity (Wildman–Crippen MR) is 122 cm³/mol. The monoisotopic (exact) mass is 440 g/mol. The molecule has 0 saturated carbocycles. The molecule has 0 radical (unpaired) electrons. The molecule has 6 nitrogen and oxygen atoms in total. The molecule has 0 spiro atoms. The van der Waals surface area contributed by atoms with Crippen LogP contribution in [0.3, 0.4) is 0 Å². The molecular weight excluding hydrogens is 400 g/mol. The molecule has 1 rings (SSSR count). The van der Waals surface area contributed by atoms with Crippen LogP contribution in [0.5, 0.6) is 11.5 Å². The topological polar surface area (TPSA) is 74.2 Å². The average Bonchev–Trinajstić information content (AvgIpc) is 2.62. The van der Waals surface area contributed by atoms with Crippen molar-refractivity contribution in [3.8, 4) is 11.5 Å². The number of methoxy groups -OCH3 is 2. The predicted octanol–water partition coefficient (Wildman–Crippen LogP) is 5.59. The molecule has 0 heterocycles. The molecule has 0 aliphatic heterocycles. The number of ether oxygens (including phenoxy) is 3. The summed E-state index contributed by atoms with van der Waals surface area (Å²) in [5.74, 6) is 0.702. The van der Waals surface area contributed by atoms with E-state index in [1.54, 1.807) is 14.2 Å². The lowest BCUT2D eigenvalue weighted by Gasteiger charge is -2.41. The summed E-state index contributed by atoms with van der Waals surface area (Å²) in [7, 11) is 0.977. The van der Waals surface area contributed by atoms with Crippen LogP contribution >= 0.6 is 0 Å². The van der Waals surface area contributed by atoms with Gasteiger partial charge in [0, 0.05) is 12.2 Å². The third kappa shape index (κ3) is 6.99. The molecule has 7 heteroatoms. The van der Waals surface area contributed by atoms with Crippen LogP contribution in [0, 0.1) is 12.8 Å². The lowest BCUT2D eigenvalue weighted by atomic mass is 9.99. The third-order valence-electron chi connectivity index (χ3n) is 5.69. The molecule has 0 fully saturated rings. The molecule has 0 aliphatic carbocycles. The molecule has 0 bridgehead atoms. The van der Waals surface area contributed by atoms with Crippen LogP contribution < -0.4 is 9.47 Å². The standard InChI is InChI=1S/C23H40O6Si/c1-15(2)14-28-20(13-21(24)25)22(29-30(9,10)23(4,5)6)17-11-18(26-7)16(3)19(12-17)27-8/h11-12,15,20,22H,13-14H2,1-10H3,(H,24,25). The smallest absolute Gasteiger partial charge is 0.306 e. The van der Waals surface area contributed by atoms with Crippen molar-refractivity contribution in [1.29, 1.82) is 0 Å². The van der Waals surface area contributed by atoms with Crippen molar-refractivity contribution in [3.05, 3.63) is 23.3 Å². The molecule has 2 unspecified atom stereocenters. The second kappa shape index (κ2) is 10.6. The molecule has 0 amide bonds. The second-order valence-electron chi connectivity index (χ2n) is 9.71. The fourth-order valence-corrected chi connectivity index (χ4v) is 4.14. The third-order valence-corrected chi connectivity index (χ3v) is 10.1. The Hall–Kier alpha value is -1.57. The summed E-state index contributed by atoms with van der Waals surface area (Å²) < 4.78 is 24.0. The minimum Gasteiger partial charge on any atom is -0.496 e. The highest BCUT2D eigenvalue weighted by molar-refractivity contribution is 6.74. The van der Waals surface area contributed by atoms with Crippen LogP contribution in [0.2, 0.25) is 18.1 Å². The van der Waals surface area contributed by atoms with Gasteiger partial charge in [-0.1, -0.05) is 34.6 Å². The molecular formula is C23H40O6Si. The fourth-order valence-electron chi connectivity index (χ4n) is 2.86. The van der Waals surface area contributed by atoms with Crippen molar-refractivity contribution in [1.82, 2.24) is 0 Å². The van der Waals surface area contributed by atoms with E-state index in [9.17, 15) is 9.90 Å². The summed E-state index contributed by atoms with van der Waals surface area (Å²) in [6.07, 6.45) is -1.33. The van der Waals surface area contributed by atoms with E-state index in [1.807, 2.05) is 32.9 Å². The Bertz CT molecular complexity index is 683. The normalized spacial score (nSPS) is 14.5. The molecule has 172 valence electrons. The van der Waals surface area contributed by atoms with Crippen molar-refractivity contribution < 1.29 is 28.5 Å². The highest BCUT2D eigenvalue weighted by Crippen LogP contribution is 2.43. The minimum atomic E-state index is -2.24. The Morgan fingerprint density at radius 1 is 1.10 bits per heavy atom. The lowest BCUT2D eigenvalue weighted by molar-refractivity contribution is -0.143. The van der Waals surface area contributed by atoms with Gasteiger partial charge in [0.15, 0.2) is 8.32 Å². The molecule has 1 aromatic carbocycles. The molecule has 1 aromatic rings. The summed E-state index contributed by atoms with van der Waals surface area (Å²) in [4.78, 5) is 11.7. The van der Waals surface area contributed by atoms with E-state index in [1.165, 1.54) is 0 Å². The van der Waals surface area contributed by atoms with Gasteiger partial charge >= 0.3 is 5.97 Å². The molecule has 0 aliphatic rings. The Morgan fingerprint density at radius 3 is 1.97 bits per heavy atom. The first-order valence-electron chi connectivity index (χ1n) is 10.5. The lowest BCUT2D eigenvalue weighted by Crippen LogP contribution is -2.44. The van der Waals surface area contributed by atoms with Gasteiger partial charge in [0.05, 0.1) is 32.8 Å². The van der Waals surface area contributed by atoms with Crippen LogP contribution in [0.4, 0.5) is 0 Å². The number of carboxylic acid groups (broad SMARTS) is 1. The summed E-state index contributed by atoms with van der Waals surface area (Å²) in [5, 5.41) is 9.53. The van der Waals surface area contributed by atoms with E-state index in [2.05, 4.69) is 33.9 Å². The van der Waals surface area contributed by atoms with E-state index in [0.29, 0.717) is 18.1 Å². The zero-order valence-electron chi connectivity index (χ0n) is 20.3. The number of hydrogen-bond acceptors (Lipinski definition) is 5. The summed E-state index contributed by atoms with van der Waals surface area (Å²) >= 11 is 0. The zero-order chi connectivity index (χ0) is 23.3. The highest BCUT2D eigenvalue weighted by atomic mass is 28.4. The zero-order valence-corrected chi connectivity index (χ0v) is 21.3. The Labute approximate surface area is 183 Å². The fraction of sp³-hybridized carbons (Fsp3) is 0.696. The number of carbonyl (C=O) groups is 1. The second-order valence-corrected chi connectivity index (χ2v) is 14.5. The molecule has 0 saturated heterocycles. The average molecular weight is 441 g/mol. The molecule has 0 aromatic heterocycles. The molecule has 2 atom stereocenters. The van der Waals surface area contributed by atoms with Gasteiger partial charge in [-0.3, -0.25) is 4.79 Å². The van der Waals surface area contributed by atoms with Crippen molar-refractivity contribution in [2.45, 2.75) is 78.3 Å². The van der Waals surface area contributed by atoms with E-state index in [4.69, 9.17) is 18.6 Å². The Morgan fingerprint density at radius 2 is 1.60 bits per heavy atom. The molecule has 1 N–H and O–H groups in total. The Balaban J connectivity index is 3.57. The van der Waals surface area contributed by atoms with E-state index >= 15 is 0 Å².